The van der Waals surface area contributed by atoms with Gasteiger partial charge < -0.3 is 4.98 Å². The third-order valence-corrected chi connectivity index (χ3v) is 4.28. The molecule has 1 aliphatic carbocycles. The molecule has 0 bridgehead atoms. The van der Waals surface area contributed by atoms with Crippen molar-refractivity contribution in [1.29, 1.82) is 0 Å². The summed E-state index contributed by atoms with van der Waals surface area (Å²) in [4.78, 5) is 33.5. The van der Waals surface area contributed by atoms with E-state index >= 15 is 0 Å². The van der Waals surface area contributed by atoms with Gasteiger partial charge in [0, 0.05) is 7.05 Å². The number of aromatic nitrogens is 4. The Kier molecular flexibility index (Phi) is 2.28. The maximum absolute atomic E-state index is 11.9. The molecule has 0 amide bonds. The number of nitrogens with zero attached hydrogens (tertiary/aromatic N) is 2. The molecule has 21 heavy (non-hydrogen) atoms. The number of H-pyrrole nitrogens is 2. The summed E-state index contributed by atoms with van der Waals surface area (Å²) in [6.07, 6.45) is 1.98. The second-order valence-corrected chi connectivity index (χ2v) is 5.55. The van der Waals surface area contributed by atoms with Crippen molar-refractivity contribution in [2.45, 2.75) is 18.3 Å². The summed E-state index contributed by atoms with van der Waals surface area (Å²) in [6, 6.07) is 10.1. The molecule has 0 unspecified atom stereocenters. The fourth-order valence-electron chi connectivity index (χ4n) is 2.88. The predicted octanol–water partition coefficient (Wildman–Crippen LogP) is 1.03. The molecule has 1 aliphatic rings. The molecule has 0 spiro atoms. The number of imidazole rings is 1. The van der Waals surface area contributed by atoms with Crippen LogP contribution < -0.4 is 11.2 Å². The normalized spacial score (nSPS) is 16.2. The van der Waals surface area contributed by atoms with Crippen LogP contribution in [0.25, 0.3) is 11.2 Å². The van der Waals surface area contributed by atoms with Crippen molar-refractivity contribution in [1.82, 2.24) is 19.5 Å². The summed E-state index contributed by atoms with van der Waals surface area (Å²) in [5.74, 6) is 0.760. The third kappa shape index (κ3) is 1.62. The fourth-order valence-corrected chi connectivity index (χ4v) is 2.88. The average Bonchev–Trinajstić information content (AvgIpc) is 3.18. The standard InChI is InChI=1S/C15H14N4O2/c1-19-11-10(12(20)18-14(19)21)16-13(17-11)15(7-8-15)9-5-3-2-4-6-9/h2-6H,7-8H2,1H3,(H,16,17)(H,18,20,21). The van der Waals surface area contributed by atoms with E-state index in [2.05, 4.69) is 27.1 Å². The Morgan fingerprint density at radius 2 is 1.86 bits per heavy atom. The van der Waals surface area contributed by atoms with Crippen LogP contribution in [0.15, 0.2) is 39.9 Å². The maximum Gasteiger partial charge on any atom is 0.329 e. The van der Waals surface area contributed by atoms with Gasteiger partial charge in [-0.25, -0.2) is 9.78 Å². The highest BCUT2D eigenvalue weighted by molar-refractivity contribution is 5.70. The molecule has 2 N–H and O–H groups in total. The molecule has 4 rings (SSSR count). The van der Waals surface area contributed by atoms with E-state index in [0.29, 0.717) is 11.2 Å². The van der Waals surface area contributed by atoms with E-state index in [9.17, 15) is 9.59 Å². The van der Waals surface area contributed by atoms with Crippen LogP contribution in [0.1, 0.15) is 24.2 Å². The minimum Gasteiger partial charge on any atom is -0.335 e. The zero-order chi connectivity index (χ0) is 14.6. The largest absolute Gasteiger partial charge is 0.335 e. The first-order valence-corrected chi connectivity index (χ1v) is 6.87. The van der Waals surface area contributed by atoms with Crippen molar-refractivity contribution in [3.8, 4) is 0 Å². The van der Waals surface area contributed by atoms with Gasteiger partial charge in [-0.2, -0.15) is 0 Å². The lowest BCUT2D eigenvalue weighted by atomic mass is 9.95. The van der Waals surface area contributed by atoms with Gasteiger partial charge in [-0.1, -0.05) is 30.3 Å². The predicted molar refractivity (Wildman–Crippen MR) is 78.4 cm³/mol. The Morgan fingerprint density at radius 1 is 1.14 bits per heavy atom. The first-order chi connectivity index (χ1) is 10.1. The van der Waals surface area contributed by atoms with Gasteiger partial charge in [-0.3, -0.25) is 14.3 Å². The van der Waals surface area contributed by atoms with E-state index < -0.39 is 11.2 Å². The highest BCUT2D eigenvalue weighted by atomic mass is 16.2. The van der Waals surface area contributed by atoms with E-state index in [4.69, 9.17) is 0 Å². The number of fused-ring (bicyclic) bond motifs is 1. The average molecular weight is 282 g/mol. The molecule has 6 heteroatoms. The number of aromatic amines is 2. The highest BCUT2D eigenvalue weighted by Crippen LogP contribution is 2.52. The molecule has 2 heterocycles. The number of aryl methyl sites for hydroxylation is 1. The molecule has 0 aliphatic heterocycles. The third-order valence-electron chi connectivity index (χ3n) is 4.28. The molecule has 2 aromatic heterocycles. The SMILES string of the molecule is Cn1c(=O)[nH]c(=O)c2[nH]c(C3(c4ccccc4)CC3)nc21. The number of rotatable bonds is 2. The molecule has 106 valence electrons. The van der Waals surface area contributed by atoms with Crippen molar-refractivity contribution in [3.05, 3.63) is 62.6 Å². The van der Waals surface area contributed by atoms with Gasteiger partial charge in [-0.15, -0.1) is 0 Å². The zero-order valence-electron chi connectivity index (χ0n) is 11.5. The number of hydrogen-bond donors (Lipinski definition) is 2. The summed E-state index contributed by atoms with van der Waals surface area (Å²) < 4.78 is 1.36. The number of benzene rings is 1. The summed E-state index contributed by atoms with van der Waals surface area (Å²) >= 11 is 0. The fraction of sp³-hybridized carbons (Fsp3) is 0.267. The Balaban J connectivity index is 1.97. The van der Waals surface area contributed by atoms with Gasteiger partial charge in [0.05, 0.1) is 5.41 Å². The van der Waals surface area contributed by atoms with E-state index in [1.54, 1.807) is 7.05 Å². The Hall–Kier alpha value is -2.63. The smallest absolute Gasteiger partial charge is 0.329 e. The Morgan fingerprint density at radius 3 is 2.52 bits per heavy atom. The highest BCUT2D eigenvalue weighted by Gasteiger charge is 2.48. The van der Waals surface area contributed by atoms with Crippen molar-refractivity contribution in [2.24, 2.45) is 7.05 Å². The van der Waals surface area contributed by atoms with Gasteiger partial charge in [0.1, 0.15) is 11.3 Å². The van der Waals surface area contributed by atoms with Crippen LogP contribution in [0, 0.1) is 0 Å². The van der Waals surface area contributed by atoms with Crippen LogP contribution in [-0.2, 0) is 12.5 Å². The number of hydrogen-bond acceptors (Lipinski definition) is 3. The topological polar surface area (TPSA) is 83.5 Å². The molecule has 3 aromatic rings. The maximum atomic E-state index is 11.9. The molecule has 1 aromatic carbocycles. The summed E-state index contributed by atoms with van der Waals surface area (Å²) in [6.45, 7) is 0. The van der Waals surface area contributed by atoms with E-state index in [1.165, 1.54) is 10.1 Å². The second kappa shape index (κ2) is 3.94. The van der Waals surface area contributed by atoms with E-state index in [0.717, 1.165) is 18.7 Å². The molecule has 0 saturated heterocycles. The van der Waals surface area contributed by atoms with Crippen molar-refractivity contribution in [2.75, 3.05) is 0 Å². The number of nitrogens with one attached hydrogen (secondary N) is 2. The quantitative estimate of drug-likeness (QED) is 0.736. The molecule has 1 fully saturated rings. The molecule has 1 saturated carbocycles. The van der Waals surface area contributed by atoms with Crippen LogP contribution in [-0.4, -0.2) is 19.5 Å². The Bertz CT molecular complexity index is 945. The molecule has 6 nitrogen and oxygen atoms in total. The summed E-state index contributed by atoms with van der Waals surface area (Å²) in [5, 5.41) is 0. The zero-order valence-corrected chi connectivity index (χ0v) is 11.5. The minimum absolute atomic E-state index is 0.150. The van der Waals surface area contributed by atoms with Crippen LogP contribution in [0.4, 0.5) is 0 Å². The van der Waals surface area contributed by atoms with E-state index in [1.807, 2.05) is 18.2 Å². The molecular formula is C15H14N4O2. The summed E-state index contributed by atoms with van der Waals surface area (Å²) in [5.41, 5.74) is 0.925. The van der Waals surface area contributed by atoms with Gasteiger partial charge in [0.2, 0.25) is 0 Å². The van der Waals surface area contributed by atoms with Crippen molar-refractivity contribution in [3.63, 3.8) is 0 Å². The second-order valence-electron chi connectivity index (χ2n) is 5.55. The van der Waals surface area contributed by atoms with Crippen LogP contribution in [0.2, 0.25) is 0 Å². The van der Waals surface area contributed by atoms with Crippen LogP contribution in [0.5, 0.6) is 0 Å². The van der Waals surface area contributed by atoms with E-state index in [-0.39, 0.29) is 5.41 Å². The Labute approximate surface area is 119 Å². The van der Waals surface area contributed by atoms with Crippen molar-refractivity contribution < 1.29 is 0 Å². The first-order valence-electron chi connectivity index (χ1n) is 6.87. The van der Waals surface area contributed by atoms with Crippen molar-refractivity contribution >= 4 is 11.2 Å². The molecule has 0 radical (unpaired) electrons. The van der Waals surface area contributed by atoms with Crippen LogP contribution in [0.3, 0.4) is 0 Å². The van der Waals surface area contributed by atoms with Gasteiger partial charge >= 0.3 is 5.69 Å². The molecule has 0 atom stereocenters. The summed E-state index contributed by atoms with van der Waals surface area (Å²) in [7, 11) is 1.60. The van der Waals surface area contributed by atoms with Crippen LogP contribution >= 0.6 is 0 Å². The lowest BCUT2D eigenvalue weighted by Gasteiger charge is -2.12. The molecular weight excluding hydrogens is 268 g/mol. The monoisotopic (exact) mass is 282 g/mol. The van der Waals surface area contributed by atoms with Gasteiger partial charge in [0.25, 0.3) is 5.56 Å². The lowest BCUT2D eigenvalue weighted by Crippen LogP contribution is -2.28. The first kappa shape index (κ1) is 12.1. The van der Waals surface area contributed by atoms with Gasteiger partial charge in [-0.05, 0) is 18.4 Å². The van der Waals surface area contributed by atoms with Gasteiger partial charge in [0.15, 0.2) is 5.65 Å². The minimum atomic E-state index is -0.449. The lowest BCUT2D eigenvalue weighted by molar-refractivity contribution is 0.772.